The van der Waals surface area contributed by atoms with E-state index < -0.39 is 11.7 Å². The smallest absolute Gasteiger partial charge is 0.336 e. The third-order valence-electron chi connectivity index (χ3n) is 2.57. The highest BCUT2D eigenvalue weighted by Gasteiger charge is 2.30. The molecule has 0 atom stereocenters. The van der Waals surface area contributed by atoms with E-state index in [0.29, 0.717) is 11.4 Å². The second-order valence-electron chi connectivity index (χ2n) is 4.33. The summed E-state index contributed by atoms with van der Waals surface area (Å²) in [6.45, 7) is 3.95. The molecule has 0 unspecified atom stereocenters. The van der Waals surface area contributed by atoms with Gasteiger partial charge in [-0.2, -0.15) is 13.2 Å². The van der Waals surface area contributed by atoms with Gasteiger partial charge in [-0.05, 0) is 18.1 Å². The summed E-state index contributed by atoms with van der Waals surface area (Å²) in [6, 6.07) is 4.90. The Balaban J connectivity index is 2.29. The van der Waals surface area contributed by atoms with Gasteiger partial charge >= 0.3 is 6.18 Å². The number of hydrogen-bond acceptors (Lipinski definition) is 1. The first kappa shape index (κ1) is 12.7. The molecule has 0 saturated carbocycles. The molecule has 5 heteroatoms. The normalized spacial score (nSPS) is 12.1. The Labute approximate surface area is 103 Å². The van der Waals surface area contributed by atoms with Crippen LogP contribution in [0.5, 0.6) is 0 Å². The topological polar surface area (TPSA) is 28.7 Å². The fourth-order valence-corrected chi connectivity index (χ4v) is 1.53. The number of H-pyrrole nitrogens is 1. The van der Waals surface area contributed by atoms with E-state index in [2.05, 4.69) is 16.2 Å². The molecule has 1 N–H and O–H groups in total. The number of benzene rings is 1. The summed E-state index contributed by atoms with van der Waals surface area (Å²) in [5.74, 6) is 0.761. The van der Waals surface area contributed by atoms with Gasteiger partial charge in [0.05, 0.1) is 17.5 Å². The van der Waals surface area contributed by atoms with Crippen molar-refractivity contribution in [2.45, 2.75) is 25.9 Å². The third-order valence-corrected chi connectivity index (χ3v) is 2.57. The fraction of sp³-hybridized carbons (Fsp3) is 0.308. The fourth-order valence-electron chi connectivity index (χ4n) is 1.53. The highest BCUT2D eigenvalue weighted by atomic mass is 19.4. The highest BCUT2D eigenvalue weighted by molar-refractivity contribution is 5.55. The first-order chi connectivity index (χ1) is 8.38. The van der Waals surface area contributed by atoms with Crippen LogP contribution in [0.2, 0.25) is 0 Å². The summed E-state index contributed by atoms with van der Waals surface area (Å²) in [6.07, 6.45) is -1.42. The first-order valence-corrected chi connectivity index (χ1v) is 5.53. The van der Waals surface area contributed by atoms with Crippen molar-refractivity contribution in [1.29, 1.82) is 0 Å². The number of hydrogen-bond donors (Lipinski definition) is 1. The molecule has 0 fully saturated rings. The molecular formula is C13H12F3N2. The van der Waals surface area contributed by atoms with Crippen molar-refractivity contribution in [1.82, 2.24) is 9.97 Å². The van der Waals surface area contributed by atoms with E-state index in [9.17, 15) is 13.2 Å². The van der Waals surface area contributed by atoms with E-state index >= 15 is 0 Å². The largest absolute Gasteiger partial charge is 0.416 e. The van der Waals surface area contributed by atoms with E-state index in [1.807, 2.05) is 13.8 Å². The van der Waals surface area contributed by atoms with Gasteiger partial charge in [-0.3, -0.25) is 0 Å². The van der Waals surface area contributed by atoms with Gasteiger partial charge in [0.2, 0.25) is 0 Å². The second-order valence-corrected chi connectivity index (χ2v) is 4.33. The van der Waals surface area contributed by atoms with Crippen LogP contribution < -0.4 is 0 Å². The van der Waals surface area contributed by atoms with E-state index in [0.717, 1.165) is 17.8 Å². The quantitative estimate of drug-likeness (QED) is 0.860. The standard InChI is InChI=1S/C13H12F3N2/c1-8(2)11-7-17-12(18-11)9-3-5-10(6-4-9)13(14,15)16/h3-6,8H,1-2H3,(H,17,18). The molecule has 1 heterocycles. The Hall–Kier alpha value is -1.78. The van der Waals surface area contributed by atoms with Crippen LogP contribution in [0.3, 0.4) is 0 Å². The predicted octanol–water partition coefficient (Wildman–Crippen LogP) is 4.02. The number of imidazole rings is 1. The Kier molecular flexibility index (Phi) is 3.15. The minimum Gasteiger partial charge on any atom is -0.336 e. The second kappa shape index (κ2) is 4.48. The van der Waals surface area contributed by atoms with Gasteiger partial charge < -0.3 is 4.98 Å². The summed E-state index contributed by atoms with van der Waals surface area (Å²) in [4.78, 5) is 7.12. The van der Waals surface area contributed by atoms with Crippen molar-refractivity contribution in [3.63, 3.8) is 0 Å². The molecule has 18 heavy (non-hydrogen) atoms. The Bertz CT molecular complexity index is 524. The highest BCUT2D eigenvalue weighted by Crippen LogP contribution is 2.30. The van der Waals surface area contributed by atoms with Crippen LogP contribution in [0.1, 0.15) is 31.0 Å². The molecule has 0 aliphatic rings. The summed E-state index contributed by atoms with van der Waals surface area (Å²) in [7, 11) is 0. The monoisotopic (exact) mass is 253 g/mol. The molecule has 1 aromatic carbocycles. The summed E-state index contributed by atoms with van der Waals surface area (Å²) < 4.78 is 37.2. The van der Waals surface area contributed by atoms with E-state index in [4.69, 9.17) is 0 Å². The minimum atomic E-state index is -4.31. The van der Waals surface area contributed by atoms with Crippen molar-refractivity contribution in [2.24, 2.45) is 0 Å². The lowest BCUT2D eigenvalue weighted by molar-refractivity contribution is -0.137. The van der Waals surface area contributed by atoms with E-state index in [1.54, 1.807) is 0 Å². The molecule has 2 aromatic rings. The minimum absolute atomic E-state index is 0.226. The maximum Gasteiger partial charge on any atom is 0.416 e. The van der Waals surface area contributed by atoms with E-state index in [1.165, 1.54) is 12.1 Å². The lowest BCUT2D eigenvalue weighted by Gasteiger charge is -2.06. The molecule has 0 bridgehead atoms. The molecule has 0 aliphatic carbocycles. The predicted molar refractivity (Wildman–Crippen MR) is 62.0 cm³/mol. The van der Waals surface area contributed by atoms with Gasteiger partial charge in [-0.15, -0.1) is 0 Å². The average molecular weight is 253 g/mol. The Morgan fingerprint density at radius 1 is 1.17 bits per heavy atom. The number of aromatic amines is 1. The molecule has 1 aromatic heterocycles. The van der Waals surface area contributed by atoms with Crippen LogP contribution in [0.25, 0.3) is 11.4 Å². The number of alkyl halides is 3. The summed E-state index contributed by atoms with van der Waals surface area (Å²) in [5.41, 5.74) is 0.724. The van der Waals surface area contributed by atoms with Gasteiger partial charge in [-0.1, -0.05) is 26.0 Å². The van der Waals surface area contributed by atoms with Crippen LogP contribution in [-0.4, -0.2) is 9.97 Å². The zero-order chi connectivity index (χ0) is 13.3. The molecule has 2 rings (SSSR count). The average Bonchev–Trinajstić information content (AvgIpc) is 2.77. The number of nitrogens with zero attached hydrogens (tertiary/aromatic N) is 1. The van der Waals surface area contributed by atoms with Crippen molar-refractivity contribution in [2.75, 3.05) is 0 Å². The van der Waals surface area contributed by atoms with Gasteiger partial charge in [-0.25, -0.2) is 4.98 Å². The molecule has 0 aliphatic heterocycles. The van der Waals surface area contributed by atoms with Gasteiger partial charge in [0.25, 0.3) is 0 Å². The molecule has 0 amide bonds. The van der Waals surface area contributed by atoms with Crippen molar-refractivity contribution in [3.8, 4) is 11.4 Å². The van der Waals surface area contributed by atoms with Crippen molar-refractivity contribution < 1.29 is 13.2 Å². The number of nitrogens with one attached hydrogen (secondary N) is 1. The molecule has 95 valence electrons. The van der Waals surface area contributed by atoms with E-state index in [-0.39, 0.29) is 5.92 Å². The first-order valence-electron chi connectivity index (χ1n) is 5.53. The maximum atomic E-state index is 12.4. The number of halogens is 3. The van der Waals surface area contributed by atoms with Crippen LogP contribution >= 0.6 is 0 Å². The zero-order valence-corrected chi connectivity index (χ0v) is 9.97. The molecule has 1 radical (unpaired) electrons. The Morgan fingerprint density at radius 3 is 2.22 bits per heavy atom. The summed E-state index contributed by atoms with van der Waals surface area (Å²) >= 11 is 0. The Morgan fingerprint density at radius 2 is 1.78 bits per heavy atom. The van der Waals surface area contributed by atoms with Crippen LogP contribution in [0, 0.1) is 6.20 Å². The molecule has 0 saturated heterocycles. The molecule has 2 nitrogen and oxygen atoms in total. The molecule has 0 spiro atoms. The third kappa shape index (κ3) is 2.55. The lowest BCUT2D eigenvalue weighted by atomic mass is 10.1. The number of rotatable bonds is 2. The zero-order valence-electron chi connectivity index (χ0n) is 9.97. The van der Waals surface area contributed by atoms with Crippen molar-refractivity contribution >= 4 is 0 Å². The molecular weight excluding hydrogens is 241 g/mol. The lowest BCUT2D eigenvalue weighted by Crippen LogP contribution is -2.04. The summed E-state index contributed by atoms with van der Waals surface area (Å²) in [5, 5.41) is 0. The maximum absolute atomic E-state index is 12.4. The van der Waals surface area contributed by atoms with Gasteiger partial charge in [0, 0.05) is 5.56 Å². The van der Waals surface area contributed by atoms with Gasteiger partial charge in [0.1, 0.15) is 5.82 Å². The van der Waals surface area contributed by atoms with Crippen molar-refractivity contribution in [3.05, 3.63) is 41.7 Å². The van der Waals surface area contributed by atoms with Crippen LogP contribution in [0.4, 0.5) is 13.2 Å². The number of aromatic nitrogens is 2. The van der Waals surface area contributed by atoms with Crippen LogP contribution in [0.15, 0.2) is 24.3 Å². The van der Waals surface area contributed by atoms with Gasteiger partial charge in [0.15, 0.2) is 0 Å². The SMILES string of the molecule is CC(C)c1[c][nH]c(-c2ccc(C(F)(F)F)cc2)n1. The van der Waals surface area contributed by atoms with Crippen LogP contribution in [-0.2, 0) is 6.18 Å².